The van der Waals surface area contributed by atoms with Gasteiger partial charge in [0.25, 0.3) is 0 Å². The fraction of sp³-hybridized carbons (Fsp3) is 0. The predicted molar refractivity (Wildman–Crippen MR) is 56.7 cm³/mol. The summed E-state index contributed by atoms with van der Waals surface area (Å²) in [4.78, 5) is 23.1. The van der Waals surface area contributed by atoms with Crippen molar-refractivity contribution >= 4 is 44.2 Å². The number of halogens is 1. The first-order chi connectivity index (χ1) is 6.25. The molecule has 0 atom stereocenters. The van der Waals surface area contributed by atoms with Gasteiger partial charge in [0.1, 0.15) is 0 Å². The molecule has 0 N–H and O–H groups in total. The molecule has 0 saturated carbocycles. The van der Waals surface area contributed by atoms with Crippen molar-refractivity contribution in [2.24, 2.45) is 0 Å². The molecule has 13 heavy (non-hydrogen) atoms. The second-order valence-electron chi connectivity index (χ2n) is 2.62. The number of imide groups is 1. The fourth-order valence-electron chi connectivity index (χ4n) is 1.30. The standard InChI is InChI=1S/C8H5NO2.Al.HI/c10-7-5-3-1-2-4-6(5)8(11)9-7;;/h1-4H,(H,9,10,11);;1H/q;+2;/p-2. The molecule has 1 aromatic rings. The summed E-state index contributed by atoms with van der Waals surface area (Å²) in [5, 5.41) is 0. The third-order valence-corrected chi connectivity index (χ3v) is 4.26. The predicted octanol–water partition coefficient (Wildman–Crippen LogP) is 1.25. The number of amides is 2. The van der Waals surface area contributed by atoms with E-state index in [0.29, 0.717) is 11.1 Å². The lowest BCUT2D eigenvalue weighted by molar-refractivity contribution is 0.0765. The lowest BCUT2D eigenvalue weighted by Crippen LogP contribution is -2.30. The van der Waals surface area contributed by atoms with Crippen molar-refractivity contribution in [3.05, 3.63) is 35.4 Å². The molecule has 1 heterocycles. The van der Waals surface area contributed by atoms with Crippen LogP contribution < -0.4 is 0 Å². The van der Waals surface area contributed by atoms with E-state index in [9.17, 15) is 9.59 Å². The summed E-state index contributed by atoms with van der Waals surface area (Å²) in [6.45, 7) is 0. The molecule has 1 aromatic carbocycles. The second kappa shape index (κ2) is 3.41. The molecule has 1 radical (unpaired) electrons. The van der Waals surface area contributed by atoms with Gasteiger partial charge in [-0.15, -0.1) is 0 Å². The highest BCUT2D eigenvalue weighted by Gasteiger charge is 2.33. The van der Waals surface area contributed by atoms with Crippen LogP contribution in [0.25, 0.3) is 0 Å². The summed E-state index contributed by atoms with van der Waals surface area (Å²) in [5.41, 5.74) is 1.08. The van der Waals surface area contributed by atoms with E-state index >= 15 is 0 Å². The Hall–Kier alpha value is -0.378. The van der Waals surface area contributed by atoms with E-state index in [1.165, 1.54) is 3.88 Å². The van der Waals surface area contributed by atoms with Crippen LogP contribution >= 0.6 is 20.3 Å². The van der Waals surface area contributed by atoms with Crippen LogP contribution in [0, 0.1) is 0 Å². The van der Waals surface area contributed by atoms with Gasteiger partial charge in [-0.05, 0) is 12.1 Å². The summed E-state index contributed by atoms with van der Waals surface area (Å²) in [5.74, 6) is -0.296. The number of carbonyl (C=O) groups is 2. The fourth-order valence-corrected chi connectivity index (χ4v) is 3.27. The monoisotopic (exact) mass is 300 g/mol. The molecular formula is C8H4AlINO2. The first-order valence-corrected chi connectivity index (χ1v) is 8.35. The zero-order valence-electron chi connectivity index (χ0n) is 6.53. The molecule has 3 nitrogen and oxygen atoms in total. The lowest BCUT2D eigenvalue weighted by atomic mass is 10.1. The van der Waals surface area contributed by atoms with Crippen molar-refractivity contribution in [2.45, 2.75) is 0 Å². The van der Waals surface area contributed by atoms with Gasteiger partial charge in [0.05, 0.1) is 11.1 Å². The summed E-state index contributed by atoms with van der Waals surface area (Å²) in [6.07, 6.45) is 0. The third-order valence-electron chi connectivity index (χ3n) is 1.92. The molecule has 0 fully saturated rings. The van der Waals surface area contributed by atoms with E-state index in [0.717, 1.165) is 0 Å². The molecule has 0 spiro atoms. The third kappa shape index (κ3) is 1.31. The molecule has 1 aliphatic heterocycles. The van der Waals surface area contributed by atoms with Crippen LogP contribution in [0.4, 0.5) is 0 Å². The van der Waals surface area contributed by atoms with E-state index in [1.807, 2.05) is 0 Å². The van der Waals surface area contributed by atoms with E-state index in [1.54, 1.807) is 24.3 Å². The Morgan fingerprint density at radius 1 is 1.08 bits per heavy atom. The average Bonchev–Trinajstić information content (AvgIpc) is 2.41. The summed E-state index contributed by atoms with van der Waals surface area (Å²) < 4.78 is 1.32. The van der Waals surface area contributed by atoms with Crippen molar-refractivity contribution in [2.75, 3.05) is 0 Å². The Kier molecular flexibility index (Phi) is 2.41. The normalized spacial score (nSPS) is 14.7. The molecular weight excluding hydrogens is 296 g/mol. The maximum absolute atomic E-state index is 11.6. The highest BCUT2D eigenvalue weighted by atomic mass is 127. The van der Waals surface area contributed by atoms with Gasteiger partial charge in [0.2, 0.25) is 11.8 Å². The largest absolute Gasteiger partial charge is 0.485 e. The van der Waals surface area contributed by atoms with E-state index in [4.69, 9.17) is 0 Å². The summed E-state index contributed by atoms with van der Waals surface area (Å²) in [6, 6.07) is 6.94. The quantitative estimate of drug-likeness (QED) is 0.445. The van der Waals surface area contributed by atoms with Crippen molar-refractivity contribution in [3.8, 4) is 0 Å². The van der Waals surface area contributed by atoms with Crippen LogP contribution in [0.1, 0.15) is 20.7 Å². The minimum absolute atomic E-state index is 0.148. The average molecular weight is 300 g/mol. The van der Waals surface area contributed by atoms with Gasteiger partial charge in [-0.25, -0.2) is 0 Å². The highest BCUT2D eigenvalue weighted by Crippen LogP contribution is 2.21. The van der Waals surface area contributed by atoms with Gasteiger partial charge < -0.3 is 3.88 Å². The number of fused-ring (bicyclic) bond motifs is 1. The van der Waals surface area contributed by atoms with E-state index < -0.39 is 0 Å². The smallest absolute Gasteiger partial charge is 0.366 e. The molecule has 0 bridgehead atoms. The number of hydrogen-bond donors (Lipinski definition) is 0. The number of rotatable bonds is 1. The SMILES string of the molecule is O=C1c2ccccc2C(=O)[N]1[Al][I]. The summed E-state index contributed by atoms with van der Waals surface area (Å²) >= 11 is 1.79. The van der Waals surface area contributed by atoms with E-state index in [-0.39, 0.29) is 24.0 Å². The molecule has 1 aliphatic rings. The molecule has 0 aromatic heterocycles. The Bertz CT molecular complexity index is 358. The van der Waals surface area contributed by atoms with Crippen LogP contribution in [0.2, 0.25) is 0 Å². The Labute approximate surface area is 92.7 Å². The topological polar surface area (TPSA) is 37.4 Å². The van der Waals surface area contributed by atoms with Gasteiger partial charge in [-0.3, -0.25) is 9.59 Å². The molecule has 0 saturated heterocycles. The first kappa shape index (κ1) is 9.19. The van der Waals surface area contributed by atoms with Crippen molar-refractivity contribution in [1.82, 2.24) is 3.88 Å². The molecule has 5 heteroatoms. The van der Waals surface area contributed by atoms with Gasteiger partial charge >= 0.3 is 12.2 Å². The number of hydrogen-bond acceptors (Lipinski definition) is 2. The number of carbonyl (C=O) groups excluding carboxylic acids is 2. The van der Waals surface area contributed by atoms with Gasteiger partial charge in [0, 0.05) is 0 Å². The minimum Gasteiger partial charge on any atom is -0.366 e. The van der Waals surface area contributed by atoms with Crippen LogP contribution in [0.15, 0.2) is 24.3 Å². The Balaban J connectivity index is 2.57. The van der Waals surface area contributed by atoms with Crippen molar-refractivity contribution in [3.63, 3.8) is 0 Å². The van der Waals surface area contributed by atoms with Gasteiger partial charge in [0.15, 0.2) is 0 Å². The molecule has 0 aliphatic carbocycles. The number of nitrogens with zero attached hydrogens (tertiary/aromatic N) is 1. The lowest BCUT2D eigenvalue weighted by Gasteiger charge is -2.07. The maximum atomic E-state index is 11.6. The summed E-state index contributed by atoms with van der Waals surface area (Å²) in [7, 11) is 0. The van der Waals surface area contributed by atoms with Crippen LogP contribution in [-0.4, -0.2) is 27.9 Å². The van der Waals surface area contributed by atoms with Gasteiger partial charge in [-0.2, -0.15) is 20.3 Å². The van der Waals surface area contributed by atoms with E-state index in [2.05, 4.69) is 20.3 Å². The maximum Gasteiger partial charge on any atom is 0.485 e. The molecule has 0 unspecified atom stereocenters. The molecule has 63 valence electrons. The highest BCUT2D eigenvalue weighted by molar-refractivity contribution is 14.1. The second-order valence-corrected chi connectivity index (χ2v) is 5.01. The van der Waals surface area contributed by atoms with Gasteiger partial charge in [-0.1, -0.05) is 12.1 Å². The Morgan fingerprint density at radius 3 is 1.92 bits per heavy atom. The molecule has 2 rings (SSSR count). The van der Waals surface area contributed by atoms with Crippen LogP contribution in [0.5, 0.6) is 0 Å². The Morgan fingerprint density at radius 2 is 1.54 bits per heavy atom. The number of benzene rings is 1. The minimum atomic E-state index is -0.296. The zero-order valence-corrected chi connectivity index (χ0v) is 9.84. The first-order valence-electron chi connectivity index (χ1n) is 3.66. The van der Waals surface area contributed by atoms with Crippen LogP contribution in [0.3, 0.4) is 0 Å². The van der Waals surface area contributed by atoms with Crippen LogP contribution in [-0.2, 0) is 0 Å². The zero-order chi connectivity index (χ0) is 9.42. The van der Waals surface area contributed by atoms with Crippen molar-refractivity contribution in [1.29, 1.82) is 0 Å². The van der Waals surface area contributed by atoms with Crippen molar-refractivity contribution < 1.29 is 9.59 Å². The molecule has 2 amide bonds.